The minimum Gasteiger partial charge on any atom is -0.394 e. The summed E-state index contributed by atoms with van der Waals surface area (Å²) < 4.78 is 22.7. The molecule has 3 aliphatic rings. The molecule has 0 radical (unpaired) electrons. The van der Waals surface area contributed by atoms with Gasteiger partial charge < -0.3 is 73.1 Å². The molecular weight excluding hydrogens is 469 g/mol. The van der Waals surface area contributed by atoms with E-state index in [0.29, 0.717) is 0 Å². The molecule has 3 fully saturated rings. The monoisotopic (exact) mass is 506 g/mol. The number of aliphatic hydroxyl groups is 5. The molecule has 0 aromatic rings. The van der Waals surface area contributed by atoms with Crippen LogP contribution in [0.15, 0.2) is 0 Å². The normalized spacial score (nSPS) is 51.1. The molecule has 1 saturated carbocycles. The van der Waals surface area contributed by atoms with E-state index < -0.39 is 92.2 Å². The van der Waals surface area contributed by atoms with Crippen molar-refractivity contribution in [1.82, 2.24) is 0 Å². The first-order valence-electron chi connectivity index (χ1n) is 10.8. The molecule has 0 bridgehead atoms. The first-order valence-corrected chi connectivity index (χ1v) is 10.8. The molecule has 2 saturated heterocycles. The van der Waals surface area contributed by atoms with E-state index >= 15 is 0 Å². The summed E-state index contributed by atoms with van der Waals surface area (Å²) in [4.78, 5) is 0. The Kier molecular flexibility index (Phi) is 12.0. The van der Waals surface area contributed by atoms with Gasteiger partial charge in [-0.2, -0.15) is 0 Å². The van der Waals surface area contributed by atoms with Gasteiger partial charge in [-0.05, 0) is 12.8 Å². The van der Waals surface area contributed by atoms with Gasteiger partial charge >= 0.3 is 51.4 Å². The molecule has 15 N–H and O–H groups in total. The van der Waals surface area contributed by atoms with Crippen molar-refractivity contribution >= 4 is 0 Å². The summed E-state index contributed by atoms with van der Waals surface area (Å²) >= 11 is 0. The first kappa shape index (κ1) is 30.3. The minimum absolute atomic E-state index is 0. The van der Waals surface area contributed by atoms with Crippen LogP contribution < -0.4 is 80.1 Å². The van der Waals surface area contributed by atoms with E-state index in [1.807, 2.05) is 0 Å². The second-order valence-corrected chi connectivity index (χ2v) is 8.78. The summed E-state index contributed by atoms with van der Waals surface area (Å²) in [6, 6.07) is -3.27. The first-order chi connectivity index (χ1) is 15.1. The number of nitrogens with two attached hydrogens (primary N) is 5. The summed E-state index contributed by atoms with van der Waals surface area (Å²) in [5.74, 6) is 0. The number of rotatable bonds is 6. The van der Waals surface area contributed by atoms with Crippen LogP contribution >= 0.6 is 0 Å². The van der Waals surface area contributed by atoms with Crippen molar-refractivity contribution in [2.45, 2.75) is 98.4 Å². The molecule has 33 heavy (non-hydrogen) atoms. The molecular formula is C18H37KN5O9+. The van der Waals surface area contributed by atoms with Crippen LogP contribution in [-0.4, -0.2) is 124 Å². The van der Waals surface area contributed by atoms with Gasteiger partial charge in [0, 0.05) is 18.6 Å². The molecule has 3 rings (SSSR count). The number of ether oxygens (including phenoxy) is 4. The van der Waals surface area contributed by atoms with E-state index in [1.54, 1.807) is 0 Å². The van der Waals surface area contributed by atoms with Gasteiger partial charge in [-0.25, -0.2) is 0 Å². The van der Waals surface area contributed by atoms with Crippen molar-refractivity contribution in [2.24, 2.45) is 28.7 Å². The van der Waals surface area contributed by atoms with Crippen molar-refractivity contribution in [3.8, 4) is 0 Å². The molecule has 0 aromatic heterocycles. The zero-order valence-electron chi connectivity index (χ0n) is 18.7. The summed E-state index contributed by atoms with van der Waals surface area (Å²) in [5.41, 5.74) is 29.8. The van der Waals surface area contributed by atoms with E-state index in [4.69, 9.17) is 47.6 Å². The SMILES string of the molecule is NC[C@H]1O[C@H](O[C@H]2[C@H](O)[C@@H](O[C@H]3O[C@H](CO)[C@@H](O)[C@H](N)[C@H]3O)[C@H](N)C[C@@H]2N)[C@H](N)C[C@@H]1O.[K+]. The van der Waals surface area contributed by atoms with Gasteiger partial charge in [0.15, 0.2) is 12.6 Å². The zero-order chi connectivity index (χ0) is 23.7. The molecule has 0 aromatic carbocycles. The van der Waals surface area contributed by atoms with Crippen molar-refractivity contribution in [3.05, 3.63) is 0 Å². The number of hydrogen-bond donors (Lipinski definition) is 10. The van der Waals surface area contributed by atoms with Gasteiger partial charge in [-0.1, -0.05) is 0 Å². The van der Waals surface area contributed by atoms with E-state index in [0.717, 1.165) is 0 Å². The fraction of sp³-hybridized carbons (Fsp3) is 1.00. The van der Waals surface area contributed by atoms with Crippen molar-refractivity contribution in [2.75, 3.05) is 13.2 Å². The maximum absolute atomic E-state index is 11.0. The predicted octanol–water partition coefficient (Wildman–Crippen LogP) is -9.29. The maximum atomic E-state index is 11.0. The summed E-state index contributed by atoms with van der Waals surface area (Å²) in [6.45, 7) is -0.499. The Hall–Kier alpha value is 1.08. The van der Waals surface area contributed by atoms with Crippen molar-refractivity contribution in [1.29, 1.82) is 0 Å². The minimum atomic E-state index is -1.44. The van der Waals surface area contributed by atoms with Crippen LogP contribution in [0.1, 0.15) is 12.8 Å². The quantitative estimate of drug-likeness (QED) is 0.150. The molecule has 0 spiro atoms. The summed E-state index contributed by atoms with van der Waals surface area (Å²) in [7, 11) is 0. The molecule has 14 atom stereocenters. The maximum Gasteiger partial charge on any atom is 1.00 e. The smallest absolute Gasteiger partial charge is 0.394 e. The number of aliphatic hydroxyl groups excluding tert-OH is 5. The molecule has 188 valence electrons. The molecule has 0 amide bonds. The molecule has 14 nitrogen and oxygen atoms in total. The van der Waals surface area contributed by atoms with Crippen molar-refractivity contribution in [3.63, 3.8) is 0 Å². The van der Waals surface area contributed by atoms with Crippen LogP contribution in [0.3, 0.4) is 0 Å². The van der Waals surface area contributed by atoms with Gasteiger partial charge in [-0.3, -0.25) is 0 Å². The van der Waals surface area contributed by atoms with E-state index in [9.17, 15) is 25.5 Å². The third-order valence-corrected chi connectivity index (χ3v) is 6.41. The molecule has 2 heterocycles. The zero-order valence-corrected chi connectivity index (χ0v) is 21.8. The van der Waals surface area contributed by atoms with Crippen molar-refractivity contribution < 1.29 is 95.9 Å². The Morgan fingerprint density at radius 3 is 1.82 bits per heavy atom. The fourth-order valence-corrected chi connectivity index (χ4v) is 4.43. The van der Waals surface area contributed by atoms with Gasteiger partial charge in [0.05, 0.1) is 30.9 Å². The van der Waals surface area contributed by atoms with E-state index in [1.165, 1.54) is 0 Å². The van der Waals surface area contributed by atoms with Crippen LogP contribution in [0.4, 0.5) is 0 Å². The van der Waals surface area contributed by atoms with Crippen LogP contribution in [0, 0.1) is 0 Å². The summed E-state index contributed by atoms with van der Waals surface area (Å²) in [6.07, 6.45) is -10.8. The van der Waals surface area contributed by atoms with Crippen LogP contribution in [0.25, 0.3) is 0 Å². The predicted molar refractivity (Wildman–Crippen MR) is 108 cm³/mol. The molecule has 15 heteroatoms. The van der Waals surface area contributed by atoms with Gasteiger partial charge in [-0.15, -0.1) is 0 Å². The molecule has 2 aliphatic heterocycles. The Labute approximate surface area is 234 Å². The third-order valence-electron chi connectivity index (χ3n) is 6.41. The Morgan fingerprint density at radius 1 is 0.727 bits per heavy atom. The summed E-state index contributed by atoms with van der Waals surface area (Å²) in [5, 5.41) is 50.7. The fourth-order valence-electron chi connectivity index (χ4n) is 4.43. The van der Waals surface area contributed by atoms with Crippen LogP contribution in [-0.2, 0) is 18.9 Å². The second kappa shape index (κ2) is 13.0. The van der Waals surface area contributed by atoms with Gasteiger partial charge in [0.2, 0.25) is 0 Å². The average Bonchev–Trinajstić information content (AvgIpc) is 2.75. The van der Waals surface area contributed by atoms with E-state index in [-0.39, 0.29) is 70.8 Å². The van der Waals surface area contributed by atoms with Gasteiger partial charge in [0.25, 0.3) is 0 Å². The van der Waals surface area contributed by atoms with Crippen LogP contribution in [0.5, 0.6) is 0 Å². The third kappa shape index (κ3) is 6.69. The van der Waals surface area contributed by atoms with Crippen LogP contribution in [0.2, 0.25) is 0 Å². The Morgan fingerprint density at radius 2 is 1.27 bits per heavy atom. The standard InChI is InChI=1S/C18H37N5O9.K/c19-3-9-8(25)2-7(22)17(29-9)31-15-5(20)1-6(21)16(14(15)28)32-18-13(27)11(23)12(26)10(4-24)30-18;/h5-18,24-28H,1-4,19-23H2;/q;+1/t5-,6+,7+,8-,9+,10+,11-,12+,13+,14-,15+,16-,17+,18+;/m0./s1. The number of hydrogen-bond acceptors (Lipinski definition) is 14. The average molecular weight is 507 g/mol. The van der Waals surface area contributed by atoms with Gasteiger partial charge in [0.1, 0.15) is 36.6 Å². The van der Waals surface area contributed by atoms with E-state index in [2.05, 4.69) is 0 Å². The second-order valence-electron chi connectivity index (χ2n) is 8.78. The Bertz CT molecular complexity index is 614. The topological polar surface area (TPSA) is 268 Å². The largest absolute Gasteiger partial charge is 1.00 e. The molecule has 0 unspecified atom stereocenters. The molecule has 1 aliphatic carbocycles. The Balaban J connectivity index is 0.00000385.